The maximum atomic E-state index is 2.38. The Bertz CT molecular complexity index is 4080. The Hall–Kier alpha value is -9.82. The predicted octanol–water partition coefficient (Wildman–Crippen LogP) is 20.8. The lowest BCUT2D eigenvalue weighted by atomic mass is 9.82. The summed E-state index contributed by atoms with van der Waals surface area (Å²) in [6, 6.07) is 113. The molecule has 0 saturated carbocycles. The van der Waals surface area contributed by atoms with Crippen LogP contribution in [0.15, 0.2) is 309 Å². The molecule has 13 aromatic carbocycles. The second kappa shape index (κ2) is 20.0. The summed E-state index contributed by atoms with van der Waals surface area (Å²) < 4.78 is 0. The first-order chi connectivity index (χ1) is 37.2. The molecule has 13 rings (SSSR count). The third kappa shape index (κ3) is 8.77. The fourth-order valence-electron chi connectivity index (χ4n) is 11.1. The van der Waals surface area contributed by atoms with Crippen molar-refractivity contribution in [2.75, 3.05) is 4.90 Å². The van der Waals surface area contributed by atoms with E-state index in [1.807, 2.05) is 0 Å². The molecule has 0 aliphatic rings. The molecular weight excluding hydrogens is 903 g/mol. The molecule has 0 heterocycles. The summed E-state index contributed by atoms with van der Waals surface area (Å²) in [6.45, 7) is 0. The van der Waals surface area contributed by atoms with Crippen molar-refractivity contribution < 1.29 is 0 Å². The van der Waals surface area contributed by atoms with Crippen LogP contribution in [0, 0.1) is 0 Å². The minimum atomic E-state index is 1.07. The molecule has 0 fully saturated rings. The smallest absolute Gasteiger partial charge is 0.0462 e. The molecule has 0 aliphatic heterocycles. The van der Waals surface area contributed by atoms with Crippen molar-refractivity contribution in [2.45, 2.75) is 0 Å². The van der Waals surface area contributed by atoms with Crippen LogP contribution in [-0.2, 0) is 0 Å². The molecule has 0 saturated heterocycles. The molecule has 75 heavy (non-hydrogen) atoms. The molecule has 0 aromatic heterocycles. The number of fused-ring (bicyclic) bond motifs is 3. The molecule has 0 N–H and O–H groups in total. The molecule has 1 heteroatoms. The molecule has 0 aliphatic carbocycles. The van der Waals surface area contributed by atoms with E-state index in [0.29, 0.717) is 0 Å². The van der Waals surface area contributed by atoms with Gasteiger partial charge in [-0.25, -0.2) is 0 Å². The molecule has 0 spiro atoms. The molecule has 0 unspecified atom stereocenters. The highest BCUT2D eigenvalue weighted by Gasteiger charge is 2.21. The average molecular weight is 954 g/mol. The fourth-order valence-corrected chi connectivity index (χ4v) is 11.1. The van der Waals surface area contributed by atoms with E-state index in [0.717, 1.165) is 28.2 Å². The first-order valence-electron chi connectivity index (χ1n) is 25.8. The van der Waals surface area contributed by atoms with Gasteiger partial charge >= 0.3 is 0 Å². The van der Waals surface area contributed by atoms with Gasteiger partial charge in [-0.15, -0.1) is 0 Å². The van der Waals surface area contributed by atoms with Crippen LogP contribution in [0.4, 0.5) is 17.1 Å². The van der Waals surface area contributed by atoms with Gasteiger partial charge in [-0.1, -0.05) is 267 Å². The number of nitrogens with zero attached hydrogens (tertiary/aromatic N) is 1. The topological polar surface area (TPSA) is 3.24 Å². The summed E-state index contributed by atoms with van der Waals surface area (Å²) in [7, 11) is 0. The number of benzene rings is 13. The van der Waals surface area contributed by atoms with Crippen molar-refractivity contribution in [3.05, 3.63) is 309 Å². The van der Waals surface area contributed by atoms with E-state index in [1.165, 1.54) is 99.4 Å². The van der Waals surface area contributed by atoms with Crippen LogP contribution in [0.1, 0.15) is 0 Å². The molecule has 0 bridgehead atoms. The van der Waals surface area contributed by atoms with Gasteiger partial charge in [-0.05, 0) is 153 Å². The Morgan fingerprint density at radius 3 is 1.01 bits per heavy atom. The van der Waals surface area contributed by atoms with E-state index in [2.05, 4.69) is 314 Å². The number of rotatable bonds is 11. The van der Waals surface area contributed by atoms with Crippen molar-refractivity contribution in [3.8, 4) is 89.0 Å². The van der Waals surface area contributed by atoms with Gasteiger partial charge in [0.15, 0.2) is 0 Å². The second-order valence-electron chi connectivity index (χ2n) is 19.2. The van der Waals surface area contributed by atoms with Gasteiger partial charge in [0.25, 0.3) is 0 Å². The molecule has 1 nitrogen and oxygen atoms in total. The molecule has 13 aromatic rings. The summed E-state index contributed by atoms with van der Waals surface area (Å²) in [6.07, 6.45) is 0. The lowest BCUT2D eigenvalue weighted by Crippen LogP contribution is -2.09. The first kappa shape index (κ1) is 45.1. The largest absolute Gasteiger partial charge is 0.311 e. The van der Waals surface area contributed by atoms with Gasteiger partial charge in [-0.2, -0.15) is 0 Å². The molecular formula is C74H51N. The monoisotopic (exact) mass is 953 g/mol. The summed E-state index contributed by atoms with van der Waals surface area (Å²) in [5.74, 6) is 0. The molecule has 0 amide bonds. The Morgan fingerprint density at radius 1 is 0.173 bits per heavy atom. The predicted molar refractivity (Wildman–Crippen MR) is 320 cm³/mol. The summed E-state index contributed by atoms with van der Waals surface area (Å²) in [4.78, 5) is 2.38. The first-order valence-corrected chi connectivity index (χ1v) is 25.8. The van der Waals surface area contributed by atoms with Crippen LogP contribution in [0.2, 0.25) is 0 Å². The van der Waals surface area contributed by atoms with Crippen molar-refractivity contribution >= 4 is 38.6 Å². The van der Waals surface area contributed by atoms with Crippen LogP contribution >= 0.6 is 0 Å². The van der Waals surface area contributed by atoms with Crippen LogP contribution < -0.4 is 4.90 Å². The zero-order chi connectivity index (χ0) is 49.9. The van der Waals surface area contributed by atoms with Crippen molar-refractivity contribution in [1.82, 2.24) is 0 Å². The van der Waals surface area contributed by atoms with Crippen molar-refractivity contribution in [1.29, 1.82) is 0 Å². The zero-order valence-electron chi connectivity index (χ0n) is 41.4. The normalized spacial score (nSPS) is 11.2. The van der Waals surface area contributed by atoms with E-state index in [-0.39, 0.29) is 0 Å². The molecule has 352 valence electrons. The van der Waals surface area contributed by atoms with E-state index in [1.54, 1.807) is 0 Å². The SMILES string of the molecule is c1ccc(-c2ccc(-c3ccc(N(c4ccc(-c5ccc(-c6ccccc6)c(-c6ccccc6)c5)cc4)c4ccc(-c5cccc6c5c(-c5ccccc5)c(-c5ccccc5)c5ccccc56)cc4)cc3)cc2)cc1. The Kier molecular flexibility index (Phi) is 12.0. The lowest BCUT2D eigenvalue weighted by Gasteiger charge is -2.26. The zero-order valence-corrected chi connectivity index (χ0v) is 41.4. The minimum absolute atomic E-state index is 1.07. The summed E-state index contributed by atoms with van der Waals surface area (Å²) in [5.41, 5.74) is 22.4. The Morgan fingerprint density at radius 2 is 0.507 bits per heavy atom. The Labute approximate surface area is 439 Å². The number of hydrogen-bond donors (Lipinski definition) is 0. The molecule has 0 atom stereocenters. The quantitative estimate of drug-likeness (QED) is 0.117. The van der Waals surface area contributed by atoms with E-state index < -0.39 is 0 Å². The number of anilines is 3. The standard InChI is InChI=1S/C74H51N/c1-6-19-52(20-7-1)53-33-35-54(36-34-53)55-37-44-63(45-38-55)75(64-46-39-56(40-47-64)62-43-50-66(57-21-8-2-9-22-57)71(51-62)58-23-10-3-11-24-58)65-48-41-59(42-49-65)67-31-18-32-70-68-29-16-17-30-69(68)72(60-25-12-4-13-26-60)73(74(67)70)61-27-14-5-15-28-61/h1-51H. The lowest BCUT2D eigenvalue weighted by molar-refractivity contribution is 1.28. The Balaban J connectivity index is 0.920. The highest BCUT2D eigenvalue weighted by molar-refractivity contribution is 6.25. The van der Waals surface area contributed by atoms with Crippen molar-refractivity contribution in [2.24, 2.45) is 0 Å². The number of hydrogen-bond acceptors (Lipinski definition) is 1. The van der Waals surface area contributed by atoms with Crippen LogP contribution in [0.3, 0.4) is 0 Å². The van der Waals surface area contributed by atoms with Gasteiger partial charge in [-0.3, -0.25) is 0 Å². The van der Waals surface area contributed by atoms with Crippen LogP contribution in [0.5, 0.6) is 0 Å². The van der Waals surface area contributed by atoms with Gasteiger partial charge < -0.3 is 4.90 Å². The van der Waals surface area contributed by atoms with E-state index in [9.17, 15) is 0 Å². The summed E-state index contributed by atoms with van der Waals surface area (Å²) >= 11 is 0. The van der Waals surface area contributed by atoms with Gasteiger partial charge in [0.2, 0.25) is 0 Å². The maximum Gasteiger partial charge on any atom is 0.0462 e. The minimum Gasteiger partial charge on any atom is -0.311 e. The van der Waals surface area contributed by atoms with Gasteiger partial charge in [0, 0.05) is 17.1 Å². The molecule has 0 radical (unpaired) electrons. The third-order valence-electron chi connectivity index (χ3n) is 14.7. The summed E-state index contributed by atoms with van der Waals surface area (Å²) in [5, 5.41) is 4.99. The second-order valence-corrected chi connectivity index (χ2v) is 19.2. The third-order valence-corrected chi connectivity index (χ3v) is 14.7. The van der Waals surface area contributed by atoms with Gasteiger partial charge in [0.05, 0.1) is 0 Å². The van der Waals surface area contributed by atoms with E-state index >= 15 is 0 Å². The maximum absolute atomic E-state index is 2.38. The highest BCUT2D eigenvalue weighted by Crippen LogP contribution is 2.48. The van der Waals surface area contributed by atoms with E-state index in [4.69, 9.17) is 0 Å². The average Bonchev–Trinajstić information content (AvgIpc) is 3.50. The van der Waals surface area contributed by atoms with Crippen LogP contribution in [0.25, 0.3) is 111 Å². The van der Waals surface area contributed by atoms with Crippen LogP contribution in [-0.4, -0.2) is 0 Å². The van der Waals surface area contributed by atoms with Gasteiger partial charge in [0.1, 0.15) is 0 Å². The van der Waals surface area contributed by atoms with Crippen molar-refractivity contribution in [3.63, 3.8) is 0 Å². The fraction of sp³-hybridized carbons (Fsp3) is 0. The highest BCUT2D eigenvalue weighted by atomic mass is 15.1.